The molecule has 0 aromatic heterocycles. The van der Waals surface area contributed by atoms with Gasteiger partial charge in [0.05, 0.1) is 4.92 Å². The summed E-state index contributed by atoms with van der Waals surface area (Å²) in [6.45, 7) is 6.49. The maximum atomic E-state index is 11.2. The molecule has 5 heteroatoms. The van der Waals surface area contributed by atoms with Crippen LogP contribution in [0.4, 0.5) is 11.4 Å². The van der Waals surface area contributed by atoms with Crippen molar-refractivity contribution in [3.05, 3.63) is 69.8 Å². The Balaban J connectivity index is 1.62. The van der Waals surface area contributed by atoms with E-state index >= 15 is 0 Å². The van der Waals surface area contributed by atoms with Gasteiger partial charge < -0.3 is 4.90 Å². The van der Waals surface area contributed by atoms with Crippen molar-refractivity contribution in [2.24, 2.45) is 0 Å². The second-order valence-corrected chi connectivity index (χ2v) is 5.99. The molecule has 0 saturated carbocycles. The number of hydrogen-bond donors (Lipinski definition) is 0. The summed E-state index contributed by atoms with van der Waals surface area (Å²) in [5.41, 5.74) is 3.51. The molecule has 0 spiro atoms. The van der Waals surface area contributed by atoms with E-state index in [-0.39, 0.29) is 10.6 Å². The van der Waals surface area contributed by atoms with E-state index in [1.165, 1.54) is 11.1 Å². The van der Waals surface area contributed by atoms with E-state index in [4.69, 9.17) is 0 Å². The number of nitro groups is 1. The van der Waals surface area contributed by atoms with E-state index in [1.54, 1.807) is 12.1 Å². The fourth-order valence-electron chi connectivity index (χ4n) is 2.98. The minimum absolute atomic E-state index is 0.194. The van der Waals surface area contributed by atoms with Gasteiger partial charge >= 0.3 is 0 Å². The van der Waals surface area contributed by atoms with Crippen LogP contribution in [0.2, 0.25) is 0 Å². The van der Waals surface area contributed by atoms with Gasteiger partial charge in [0.15, 0.2) is 0 Å². The van der Waals surface area contributed by atoms with Crippen molar-refractivity contribution in [2.45, 2.75) is 13.5 Å². The average Bonchev–Trinajstić information content (AvgIpc) is 2.58. The van der Waals surface area contributed by atoms with Gasteiger partial charge in [-0.3, -0.25) is 15.0 Å². The maximum Gasteiger partial charge on any atom is 0.292 e. The lowest BCUT2D eigenvalue weighted by atomic mass is 10.1. The van der Waals surface area contributed by atoms with Crippen LogP contribution in [0.5, 0.6) is 0 Å². The molecule has 23 heavy (non-hydrogen) atoms. The number of aryl methyl sites for hydroxylation is 1. The largest absolute Gasteiger partial charge is 0.363 e. The van der Waals surface area contributed by atoms with E-state index in [1.807, 2.05) is 12.1 Å². The third kappa shape index (κ3) is 3.68. The molecule has 0 aliphatic carbocycles. The zero-order chi connectivity index (χ0) is 16.2. The lowest BCUT2D eigenvalue weighted by Crippen LogP contribution is -2.46. The molecular weight excluding hydrogens is 290 g/mol. The molecule has 2 aromatic rings. The summed E-state index contributed by atoms with van der Waals surface area (Å²) in [5, 5.41) is 11.2. The first-order valence-electron chi connectivity index (χ1n) is 7.90. The van der Waals surface area contributed by atoms with E-state index < -0.39 is 0 Å². The Morgan fingerprint density at radius 3 is 2.30 bits per heavy atom. The van der Waals surface area contributed by atoms with E-state index in [2.05, 4.69) is 41.0 Å². The van der Waals surface area contributed by atoms with Gasteiger partial charge in [0.1, 0.15) is 5.69 Å². The molecule has 0 N–H and O–H groups in total. The average molecular weight is 311 g/mol. The zero-order valence-electron chi connectivity index (χ0n) is 13.3. The minimum Gasteiger partial charge on any atom is -0.363 e. The molecule has 1 aliphatic heterocycles. The van der Waals surface area contributed by atoms with Crippen molar-refractivity contribution in [3.63, 3.8) is 0 Å². The summed E-state index contributed by atoms with van der Waals surface area (Å²) in [5.74, 6) is 0. The van der Waals surface area contributed by atoms with Gasteiger partial charge in [-0.25, -0.2) is 0 Å². The highest BCUT2D eigenvalue weighted by atomic mass is 16.6. The highest BCUT2D eigenvalue weighted by molar-refractivity contribution is 5.63. The highest BCUT2D eigenvalue weighted by Gasteiger charge is 2.23. The standard InChI is InChI=1S/C18H21N3O2/c1-15-6-8-16(9-7-15)14-19-10-12-20(13-11-19)17-4-2-3-5-18(17)21(22)23/h2-9H,10-14H2,1H3. The quantitative estimate of drug-likeness (QED) is 0.642. The summed E-state index contributed by atoms with van der Waals surface area (Å²) in [6.07, 6.45) is 0. The van der Waals surface area contributed by atoms with Gasteiger partial charge in [-0.05, 0) is 18.6 Å². The smallest absolute Gasteiger partial charge is 0.292 e. The molecule has 0 amide bonds. The molecule has 0 radical (unpaired) electrons. The predicted octanol–water partition coefficient (Wildman–Crippen LogP) is 3.23. The van der Waals surface area contributed by atoms with Crippen molar-refractivity contribution >= 4 is 11.4 Å². The molecule has 2 aromatic carbocycles. The van der Waals surface area contributed by atoms with Crippen molar-refractivity contribution in [1.82, 2.24) is 4.90 Å². The molecular formula is C18H21N3O2. The Morgan fingerprint density at radius 2 is 1.65 bits per heavy atom. The van der Waals surface area contributed by atoms with Gasteiger partial charge in [0, 0.05) is 38.8 Å². The van der Waals surface area contributed by atoms with Gasteiger partial charge in [-0.2, -0.15) is 0 Å². The van der Waals surface area contributed by atoms with Crippen molar-refractivity contribution < 1.29 is 4.92 Å². The number of anilines is 1. The number of nitrogens with zero attached hydrogens (tertiary/aromatic N) is 3. The molecule has 0 atom stereocenters. The molecule has 3 rings (SSSR count). The fraction of sp³-hybridized carbons (Fsp3) is 0.333. The third-order valence-corrected chi connectivity index (χ3v) is 4.32. The van der Waals surface area contributed by atoms with Crippen LogP contribution >= 0.6 is 0 Å². The SMILES string of the molecule is Cc1ccc(CN2CCN(c3ccccc3[N+](=O)[O-])CC2)cc1. The van der Waals surface area contributed by atoms with Crippen molar-refractivity contribution in [1.29, 1.82) is 0 Å². The number of benzene rings is 2. The number of para-hydroxylation sites is 2. The van der Waals surface area contributed by atoms with Crippen LogP contribution in [0, 0.1) is 17.0 Å². The van der Waals surface area contributed by atoms with Crippen LogP contribution < -0.4 is 4.90 Å². The number of rotatable bonds is 4. The van der Waals surface area contributed by atoms with E-state index in [0.29, 0.717) is 0 Å². The Morgan fingerprint density at radius 1 is 1.00 bits per heavy atom. The fourth-order valence-corrected chi connectivity index (χ4v) is 2.98. The summed E-state index contributed by atoms with van der Waals surface area (Å²) < 4.78 is 0. The van der Waals surface area contributed by atoms with Crippen LogP contribution in [0.25, 0.3) is 0 Å². The molecule has 0 unspecified atom stereocenters. The molecule has 1 saturated heterocycles. The second-order valence-electron chi connectivity index (χ2n) is 5.99. The van der Waals surface area contributed by atoms with Gasteiger partial charge in [-0.15, -0.1) is 0 Å². The molecule has 120 valence electrons. The predicted molar refractivity (Wildman–Crippen MR) is 91.8 cm³/mol. The lowest BCUT2D eigenvalue weighted by Gasteiger charge is -2.35. The molecule has 1 fully saturated rings. The normalized spacial score (nSPS) is 15.6. The molecule has 5 nitrogen and oxygen atoms in total. The topological polar surface area (TPSA) is 49.6 Å². The van der Waals surface area contributed by atoms with E-state index in [9.17, 15) is 10.1 Å². The summed E-state index contributed by atoms with van der Waals surface area (Å²) >= 11 is 0. The number of piperazine rings is 1. The number of nitro benzene ring substituents is 1. The summed E-state index contributed by atoms with van der Waals surface area (Å²) in [6, 6.07) is 15.6. The number of hydrogen-bond acceptors (Lipinski definition) is 4. The maximum absolute atomic E-state index is 11.2. The van der Waals surface area contributed by atoms with Gasteiger partial charge in [0.2, 0.25) is 0 Å². The Labute approximate surface area is 136 Å². The van der Waals surface area contributed by atoms with Crippen molar-refractivity contribution in [2.75, 3.05) is 31.1 Å². The first-order valence-corrected chi connectivity index (χ1v) is 7.90. The zero-order valence-corrected chi connectivity index (χ0v) is 13.3. The molecule has 1 aliphatic rings. The first kappa shape index (κ1) is 15.5. The van der Waals surface area contributed by atoms with Crippen LogP contribution in [0.15, 0.2) is 48.5 Å². The first-order chi connectivity index (χ1) is 11.1. The van der Waals surface area contributed by atoms with Gasteiger partial charge in [0.25, 0.3) is 5.69 Å². The molecule has 0 bridgehead atoms. The van der Waals surface area contributed by atoms with Crippen LogP contribution in [-0.2, 0) is 6.54 Å². The Kier molecular flexibility index (Phi) is 4.57. The van der Waals surface area contributed by atoms with E-state index in [0.717, 1.165) is 38.4 Å². The lowest BCUT2D eigenvalue weighted by molar-refractivity contribution is -0.384. The van der Waals surface area contributed by atoms with Crippen LogP contribution in [0.3, 0.4) is 0 Å². The Bertz CT molecular complexity index is 677. The third-order valence-electron chi connectivity index (χ3n) is 4.32. The molecule has 1 heterocycles. The van der Waals surface area contributed by atoms with Gasteiger partial charge in [-0.1, -0.05) is 42.0 Å². The van der Waals surface area contributed by atoms with Crippen LogP contribution in [-0.4, -0.2) is 36.0 Å². The second kappa shape index (κ2) is 6.79. The highest BCUT2D eigenvalue weighted by Crippen LogP contribution is 2.28. The monoisotopic (exact) mass is 311 g/mol. The Hall–Kier alpha value is -2.40. The summed E-state index contributed by atoms with van der Waals surface area (Å²) in [4.78, 5) is 15.4. The minimum atomic E-state index is -0.298. The summed E-state index contributed by atoms with van der Waals surface area (Å²) in [7, 11) is 0. The van der Waals surface area contributed by atoms with Crippen molar-refractivity contribution in [3.8, 4) is 0 Å². The van der Waals surface area contributed by atoms with Crippen LogP contribution in [0.1, 0.15) is 11.1 Å².